The van der Waals surface area contributed by atoms with E-state index in [4.69, 9.17) is 10.6 Å². The summed E-state index contributed by atoms with van der Waals surface area (Å²) >= 11 is 0. The molecule has 5 heteroatoms. The standard InChI is InChI=1S/C14H22F2N2O/c1-4-14(3,19-5-2)13(18-17)9-10-6-7-11(15)12(16)8-10/h6-8,13,18H,4-5,9,17H2,1-3H3. The SMILES string of the molecule is CCOC(C)(CC)C(Cc1ccc(F)c(F)c1)NN. The van der Waals surface area contributed by atoms with Crippen molar-refractivity contribution in [3.63, 3.8) is 0 Å². The molecule has 0 saturated heterocycles. The molecule has 108 valence electrons. The molecule has 3 N–H and O–H groups in total. The van der Waals surface area contributed by atoms with Crippen LogP contribution >= 0.6 is 0 Å². The summed E-state index contributed by atoms with van der Waals surface area (Å²) in [6.45, 7) is 6.45. The number of hydrogen-bond acceptors (Lipinski definition) is 3. The van der Waals surface area contributed by atoms with Crippen molar-refractivity contribution in [2.45, 2.75) is 45.3 Å². The van der Waals surface area contributed by atoms with Crippen molar-refractivity contribution in [2.24, 2.45) is 5.84 Å². The average molecular weight is 272 g/mol. The number of hydrogen-bond donors (Lipinski definition) is 2. The van der Waals surface area contributed by atoms with Crippen molar-refractivity contribution in [1.29, 1.82) is 0 Å². The largest absolute Gasteiger partial charge is 0.374 e. The predicted molar refractivity (Wildman–Crippen MR) is 71.5 cm³/mol. The van der Waals surface area contributed by atoms with E-state index in [1.54, 1.807) is 6.07 Å². The Morgan fingerprint density at radius 3 is 2.47 bits per heavy atom. The van der Waals surface area contributed by atoms with Gasteiger partial charge in [-0.1, -0.05) is 13.0 Å². The fraction of sp³-hybridized carbons (Fsp3) is 0.571. The number of rotatable bonds is 7. The van der Waals surface area contributed by atoms with E-state index in [1.807, 2.05) is 20.8 Å². The van der Waals surface area contributed by atoms with Crippen LogP contribution in [-0.2, 0) is 11.2 Å². The van der Waals surface area contributed by atoms with E-state index in [-0.39, 0.29) is 6.04 Å². The Morgan fingerprint density at radius 1 is 1.32 bits per heavy atom. The number of nitrogens with one attached hydrogen (secondary N) is 1. The Balaban J connectivity index is 2.88. The van der Waals surface area contributed by atoms with E-state index in [1.165, 1.54) is 6.07 Å². The zero-order chi connectivity index (χ0) is 14.5. The maximum atomic E-state index is 13.2. The van der Waals surface area contributed by atoms with E-state index in [0.29, 0.717) is 18.6 Å². The first kappa shape index (κ1) is 16.0. The molecule has 0 spiro atoms. The van der Waals surface area contributed by atoms with Gasteiger partial charge in [0, 0.05) is 6.61 Å². The van der Waals surface area contributed by atoms with Crippen LogP contribution in [0.4, 0.5) is 8.78 Å². The molecule has 0 heterocycles. The van der Waals surface area contributed by atoms with Gasteiger partial charge in [0.1, 0.15) is 0 Å². The van der Waals surface area contributed by atoms with Crippen LogP contribution in [-0.4, -0.2) is 18.2 Å². The van der Waals surface area contributed by atoms with Crippen LogP contribution in [0.5, 0.6) is 0 Å². The van der Waals surface area contributed by atoms with Crippen molar-refractivity contribution < 1.29 is 13.5 Å². The minimum Gasteiger partial charge on any atom is -0.374 e. The third-order valence-corrected chi connectivity index (χ3v) is 3.54. The van der Waals surface area contributed by atoms with E-state index in [9.17, 15) is 8.78 Å². The fourth-order valence-corrected chi connectivity index (χ4v) is 2.13. The third-order valence-electron chi connectivity index (χ3n) is 3.54. The van der Waals surface area contributed by atoms with Crippen molar-refractivity contribution in [3.05, 3.63) is 35.4 Å². The molecule has 0 bridgehead atoms. The van der Waals surface area contributed by atoms with Crippen molar-refractivity contribution in [1.82, 2.24) is 5.43 Å². The molecule has 3 nitrogen and oxygen atoms in total. The average Bonchev–Trinajstić information content (AvgIpc) is 2.40. The Morgan fingerprint density at radius 2 is 2.00 bits per heavy atom. The number of hydrazine groups is 1. The molecule has 0 amide bonds. The maximum Gasteiger partial charge on any atom is 0.159 e. The van der Waals surface area contributed by atoms with Crippen molar-refractivity contribution in [2.75, 3.05) is 6.61 Å². The van der Waals surface area contributed by atoms with E-state index in [2.05, 4.69) is 5.43 Å². The second-order valence-electron chi connectivity index (χ2n) is 4.77. The summed E-state index contributed by atoms with van der Waals surface area (Å²) < 4.78 is 31.8. The first-order valence-electron chi connectivity index (χ1n) is 6.50. The normalized spacial score (nSPS) is 16.1. The second kappa shape index (κ2) is 6.93. The van der Waals surface area contributed by atoms with Gasteiger partial charge in [-0.2, -0.15) is 0 Å². The molecule has 1 aromatic carbocycles. The lowest BCUT2D eigenvalue weighted by Crippen LogP contribution is -2.54. The summed E-state index contributed by atoms with van der Waals surface area (Å²) in [5, 5.41) is 0. The Labute approximate surface area is 113 Å². The van der Waals surface area contributed by atoms with Crippen LogP contribution in [0.1, 0.15) is 32.8 Å². The number of benzene rings is 1. The monoisotopic (exact) mass is 272 g/mol. The summed E-state index contributed by atoms with van der Waals surface area (Å²) in [6.07, 6.45) is 1.23. The molecular formula is C14H22F2N2O. The fourth-order valence-electron chi connectivity index (χ4n) is 2.13. The lowest BCUT2D eigenvalue weighted by Gasteiger charge is -2.36. The van der Waals surface area contributed by atoms with Gasteiger partial charge in [0.2, 0.25) is 0 Å². The van der Waals surface area contributed by atoms with Crippen LogP contribution in [0.2, 0.25) is 0 Å². The third kappa shape index (κ3) is 3.96. The highest BCUT2D eigenvalue weighted by Crippen LogP contribution is 2.23. The summed E-state index contributed by atoms with van der Waals surface area (Å²) in [5.74, 6) is 3.89. The quantitative estimate of drug-likeness (QED) is 0.592. The molecule has 0 aliphatic rings. The Bertz CT molecular complexity index is 414. The first-order chi connectivity index (χ1) is 8.96. The zero-order valence-electron chi connectivity index (χ0n) is 11.7. The van der Waals surface area contributed by atoms with Gasteiger partial charge < -0.3 is 4.74 Å². The number of halogens is 2. The predicted octanol–water partition coefficient (Wildman–Crippen LogP) is 2.54. The molecule has 1 rings (SSSR count). The Kier molecular flexibility index (Phi) is 5.85. The first-order valence-corrected chi connectivity index (χ1v) is 6.50. The molecule has 2 unspecified atom stereocenters. The van der Waals surface area contributed by atoms with Gasteiger partial charge >= 0.3 is 0 Å². The van der Waals surface area contributed by atoms with Crippen LogP contribution in [0, 0.1) is 11.6 Å². The molecule has 0 fully saturated rings. The minimum atomic E-state index is -0.845. The van der Waals surface area contributed by atoms with Gasteiger partial charge in [0.15, 0.2) is 11.6 Å². The summed E-state index contributed by atoms with van der Waals surface area (Å²) in [5.41, 5.74) is 2.95. The summed E-state index contributed by atoms with van der Waals surface area (Å²) in [7, 11) is 0. The number of ether oxygens (including phenoxy) is 1. The van der Waals surface area contributed by atoms with Gasteiger partial charge in [-0.25, -0.2) is 8.78 Å². The lowest BCUT2D eigenvalue weighted by molar-refractivity contribution is -0.0551. The molecule has 1 aromatic rings. The highest BCUT2D eigenvalue weighted by Gasteiger charge is 2.32. The summed E-state index contributed by atoms with van der Waals surface area (Å²) in [6, 6.07) is 3.71. The van der Waals surface area contributed by atoms with Crippen LogP contribution in [0.15, 0.2) is 18.2 Å². The molecule has 0 aromatic heterocycles. The molecule has 0 aliphatic heterocycles. The van der Waals surface area contributed by atoms with Gasteiger partial charge in [-0.05, 0) is 44.4 Å². The molecule has 0 saturated carbocycles. The van der Waals surface area contributed by atoms with Crippen LogP contribution in [0.3, 0.4) is 0 Å². The van der Waals surface area contributed by atoms with E-state index < -0.39 is 17.2 Å². The van der Waals surface area contributed by atoms with Gasteiger partial charge in [0.25, 0.3) is 0 Å². The zero-order valence-corrected chi connectivity index (χ0v) is 11.7. The van der Waals surface area contributed by atoms with Gasteiger partial charge in [-0.3, -0.25) is 11.3 Å². The number of nitrogens with two attached hydrogens (primary N) is 1. The highest BCUT2D eigenvalue weighted by atomic mass is 19.2. The van der Waals surface area contributed by atoms with Crippen molar-refractivity contribution in [3.8, 4) is 0 Å². The van der Waals surface area contributed by atoms with Gasteiger partial charge in [0.05, 0.1) is 11.6 Å². The van der Waals surface area contributed by atoms with Crippen LogP contribution in [0.25, 0.3) is 0 Å². The smallest absolute Gasteiger partial charge is 0.159 e. The van der Waals surface area contributed by atoms with Gasteiger partial charge in [-0.15, -0.1) is 0 Å². The summed E-state index contributed by atoms with van der Waals surface area (Å²) in [4.78, 5) is 0. The molecular weight excluding hydrogens is 250 g/mol. The minimum absolute atomic E-state index is 0.178. The topological polar surface area (TPSA) is 47.3 Å². The molecule has 19 heavy (non-hydrogen) atoms. The van der Waals surface area contributed by atoms with E-state index >= 15 is 0 Å². The van der Waals surface area contributed by atoms with E-state index in [0.717, 1.165) is 12.5 Å². The maximum absolute atomic E-state index is 13.2. The molecule has 0 aliphatic carbocycles. The van der Waals surface area contributed by atoms with Crippen molar-refractivity contribution >= 4 is 0 Å². The molecule has 0 radical (unpaired) electrons. The second-order valence-corrected chi connectivity index (χ2v) is 4.77. The van der Waals surface area contributed by atoms with Crippen LogP contribution < -0.4 is 11.3 Å². The Hall–Kier alpha value is -1.04. The molecule has 2 atom stereocenters. The lowest BCUT2D eigenvalue weighted by atomic mass is 9.88. The highest BCUT2D eigenvalue weighted by molar-refractivity contribution is 5.19.